The Morgan fingerprint density at radius 3 is 2.75 bits per heavy atom. The van der Waals surface area contributed by atoms with Crippen LogP contribution in [-0.4, -0.2) is 25.8 Å². The summed E-state index contributed by atoms with van der Waals surface area (Å²) in [7, 11) is 0. The monoisotopic (exact) mass is 291 g/mol. The van der Waals surface area contributed by atoms with Crippen molar-refractivity contribution >= 4 is 28.7 Å². The second kappa shape index (κ2) is 4.35. The second-order valence-electron chi connectivity index (χ2n) is 4.38. The summed E-state index contributed by atoms with van der Waals surface area (Å²) in [6.07, 6.45) is 0. The van der Waals surface area contributed by atoms with Crippen molar-refractivity contribution in [3.8, 4) is 6.01 Å². The van der Waals surface area contributed by atoms with Gasteiger partial charge in [0.1, 0.15) is 5.52 Å². The fourth-order valence-corrected chi connectivity index (χ4v) is 2.06. The molecule has 0 bridgehead atoms. The Labute approximate surface area is 118 Å². The lowest BCUT2D eigenvalue weighted by atomic mass is 10.2. The number of hydrogen-bond donors (Lipinski definition) is 1. The van der Waals surface area contributed by atoms with E-state index in [1.165, 1.54) is 16.8 Å². The van der Waals surface area contributed by atoms with Gasteiger partial charge < -0.3 is 9.52 Å². The molecule has 0 aliphatic carbocycles. The van der Waals surface area contributed by atoms with E-state index in [1.54, 1.807) is 19.9 Å². The molecule has 0 saturated carbocycles. The van der Waals surface area contributed by atoms with E-state index in [0.29, 0.717) is 27.5 Å². The number of aromatic nitrogens is 3. The molecule has 0 fully saturated rings. The van der Waals surface area contributed by atoms with Crippen LogP contribution in [0.15, 0.2) is 22.6 Å². The first-order valence-electron chi connectivity index (χ1n) is 5.83. The third-order valence-corrected chi connectivity index (χ3v) is 3.56. The van der Waals surface area contributed by atoms with Crippen LogP contribution in [0.4, 0.5) is 0 Å². The lowest BCUT2D eigenvalue weighted by Gasteiger charge is -1.96. The number of aryl methyl sites for hydroxylation is 1. The SMILES string of the molecule is Cc1nn(-c2nc3ccc(C(=O)O)cc3o2)c(C)c1Cl. The molecule has 1 aromatic carbocycles. The first-order valence-corrected chi connectivity index (χ1v) is 6.21. The zero-order valence-electron chi connectivity index (χ0n) is 10.7. The minimum atomic E-state index is -1.01. The van der Waals surface area contributed by atoms with Gasteiger partial charge in [0.25, 0.3) is 0 Å². The minimum Gasteiger partial charge on any atom is -0.478 e. The molecule has 7 heteroatoms. The van der Waals surface area contributed by atoms with Crippen LogP contribution in [-0.2, 0) is 0 Å². The predicted octanol–water partition coefficient (Wildman–Crippen LogP) is 2.98. The predicted molar refractivity (Wildman–Crippen MR) is 72.6 cm³/mol. The molecule has 6 nitrogen and oxygen atoms in total. The van der Waals surface area contributed by atoms with E-state index in [0.717, 1.165) is 0 Å². The lowest BCUT2D eigenvalue weighted by Crippen LogP contribution is -1.98. The van der Waals surface area contributed by atoms with Crippen LogP contribution in [0.25, 0.3) is 17.1 Å². The van der Waals surface area contributed by atoms with Gasteiger partial charge in [0.15, 0.2) is 5.58 Å². The largest absolute Gasteiger partial charge is 0.478 e. The molecule has 0 radical (unpaired) electrons. The van der Waals surface area contributed by atoms with Crippen LogP contribution < -0.4 is 0 Å². The van der Waals surface area contributed by atoms with Gasteiger partial charge in [-0.15, -0.1) is 0 Å². The van der Waals surface area contributed by atoms with Gasteiger partial charge >= 0.3 is 12.0 Å². The molecule has 20 heavy (non-hydrogen) atoms. The van der Waals surface area contributed by atoms with Gasteiger partial charge in [-0.1, -0.05) is 11.6 Å². The summed E-state index contributed by atoms with van der Waals surface area (Å²) in [6, 6.07) is 4.76. The highest BCUT2D eigenvalue weighted by atomic mass is 35.5. The molecule has 0 unspecified atom stereocenters. The van der Waals surface area contributed by atoms with Crippen LogP contribution in [0.5, 0.6) is 0 Å². The van der Waals surface area contributed by atoms with Crippen molar-refractivity contribution in [1.29, 1.82) is 0 Å². The number of hydrogen-bond acceptors (Lipinski definition) is 4. The number of fused-ring (bicyclic) bond motifs is 1. The number of halogens is 1. The average molecular weight is 292 g/mol. The van der Waals surface area contributed by atoms with Gasteiger partial charge in [0.05, 0.1) is 22.0 Å². The smallest absolute Gasteiger partial charge is 0.335 e. The molecule has 1 N–H and O–H groups in total. The van der Waals surface area contributed by atoms with E-state index >= 15 is 0 Å². The van der Waals surface area contributed by atoms with E-state index in [9.17, 15) is 4.79 Å². The average Bonchev–Trinajstić information content (AvgIpc) is 2.94. The Balaban J connectivity index is 2.17. The van der Waals surface area contributed by atoms with E-state index < -0.39 is 5.97 Å². The van der Waals surface area contributed by atoms with E-state index in [-0.39, 0.29) is 11.6 Å². The van der Waals surface area contributed by atoms with Crippen molar-refractivity contribution in [2.45, 2.75) is 13.8 Å². The lowest BCUT2D eigenvalue weighted by molar-refractivity contribution is 0.0697. The van der Waals surface area contributed by atoms with Crippen LogP contribution in [0.3, 0.4) is 0 Å². The Bertz CT molecular complexity index is 835. The van der Waals surface area contributed by atoms with Crippen molar-refractivity contribution in [1.82, 2.24) is 14.8 Å². The van der Waals surface area contributed by atoms with Gasteiger partial charge in [-0.3, -0.25) is 0 Å². The first kappa shape index (κ1) is 12.7. The summed E-state index contributed by atoms with van der Waals surface area (Å²) in [6.45, 7) is 3.59. The summed E-state index contributed by atoms with van der Waals surface area (Å²) in [4.78, 5) is 15.2. The third-order valence-electron chi connectivity index (χ3n) is 3.01. The molecule has 3 rings (SSSR count). The van der Waals surface area contributed by atoms with Gasteiger partial charge in [0.2, 0.25) is 0 Å². The Kier molecular flexibility index (Phi) is 2.76. The molecule has 0 aliphatic rings. The van der Waals surface area contributed by atoms with E-state index in [2.05, 4.69) is 10.1 Å². The maximum atomic E-state index is 10.9. The molecule has 102 valence electrons. The molecule has 3 aromatic rings. The van der Waals surface area contributed by atoms with Gasteiger partial charge in [0, 0.05) is 0 Å². The van der Waals surface area contributed by atoms with Crippen molar-refractivity contribution in [3.05, 3.63) is 40.2 Å². The molecule has 2 heterocycles. The molecule has 0 aliphatic heterocycles. The number of rotatable bonds is 2. The number of carboxylic acid groups (broad SMARTS) is 1. The highest BCUT2D eigenvalue weighted by Gasteiger charge is 2.16. The van der Waals surface area contributed by atoms with Crippen LogP contribution in [0.1, 0.15) is 21.7 Å². The number of nitrogens with zero attached hydrogens (tertiary/aromatic N) is 3. The van der Waals surface area contributed by atoms with Crippen LogP contribution in [0.2, 0.25) is 5.02 Å². The fraction of sp³-hybridized carbons (Fsp3) is 0.154. The van der Waals surface area contributed by atoms with E-state index in [4.69, 9.17) is 21.1 Å². The van der Waals surface area contributed by atoms with Crippen LogP contribution >= 0.6 is 11.6 Å². The molecule has 0 amide bonds. The van der Waals surface area contributed by atoms with Crippen molar-refractivity contribution < 1.29 is 14.3 Å². The molecule has 0 saturated heterocycles. The normalized spacial score (nSPS) is 11.2. The third kappa shape index (κ3) is 1.85. The van der Waals surface area contributed by atoms with Crippen molar-refractivity contribution in [2.75, 3.05) is 0 Å². The molecular weight excluding hydrogens is 282 g/mol. The fourth-order valence-electron chi connectivity index (χ4n) is 1.95. The summed E-state index contributed by atoms with van der Waals surface area (Å²) in [5, 5.41) is 13.8. The van der Waals surface area contributed by atoms with Gasteiger partial charge in [-0.25, -0.2) is 4.79 Å². The molecular formula is C13H10ClN3O3. The summed E-state index contributed by atoms with van der Waals surface area (Å²) in [5.74, 6) is -1.01. The highest BCUT2D eigenvalue weighted by molar-refractivity contribution is 6.31. The molecule has 0 atom stereocenters. The van der Waals surface area contributed by atoms with Crippen LogP contribution in [0, 0.1) is 13.8 Å². The quantitative estimate of drug-likeness (QED) is 0.785. The Hall–Kier alpha value is -2.34. The number of carbonyl (C=O) groups is 1. The standard InChI is InChI=1S/C13H10ClN3O3/c1-6-11(14)7(2)17(16-6)13-15-9-4-3-8(12(18)19)5-10(9)20-13/h3-5H,1-2H3,(H,18,19). The zero-order chi connectivity index (χ0) is 14.4. The highest BCUT2D eigenvalue weighted by Crippen LogP contribution is 2.25. The summed E-state index contributed by atoms with van der Waals surface area (Å²) in [5.41, 5.74) is 2.50. The Morgan fingerprint density at radius 1 is 1.40 bits per heavy atom. The summed E-state index contributed by atoms with van der Waals surface area (Å²) >= 11 is 6.08. The number of carboxylic acids is 1. The zero-order valence-corrected chi connectivity index (χ0v) is 11.5. The Morgan fingerprint density at radius 2 is 2.15 bits per heavy atom. The first-order chi connectivity index (χ1) is 9.47. The molecule has 0 spiro atoms. The topological polar surface area (TPSA) is 81.2 Å². The maximum Gasteiger partial charge on any atom is 0.335 e. The van der Waals surface area contributed by atoms with Crippen molar-refractivity contribution in [3.63, 3.8) is 0 Å². The van der Waals surface area contributed by atoms with Gasteiger partial charge in [-0.05, 0) is 32.0 Å². The van der Waals surface area contributed by atoms with E-state index in [1.807, 2.05) is 0 Å². The summed E-state index contributed by atoms with van der Waals surface area (Å²) < 4.78 is 7.06. The second-order valence-corrected chi connectivity index (χ2v) is 4.76. The number of oxazole rings is 1. The van der Waals surface area contributed by atoms with Gasteiger partial charge in [-0.2, -0.15) is 14.8 Å². The maximum absolute atomic E-state index is 10.9. The minimum absolute atomic E-state index is 0.145. The van der Waals surface area contributed by atoms with Crippen molar-refractivity contribution in [2.24, 2.45) is 0 Å². The number of aromatic carboxylic acids is 1. The molecule has 2 aromatic heterocycles. The number of benzene rings is 1.